The predicted octanol–water partition coefficient (Wildman–Crippen LogP) is 5.24. The highest BCUT2D eigenvalue weighted by atomic mass is 19.4. The molecule has 0 unspecified atom stereocenters. The van der Waals surface area contributed by atoms with Crippen LogP contribution in [0.4, 0.5) is 24.7 Å². The molecule has 0 aliphatic rings. The Kier molecular flexibility index (Phi) is 6.39. The molecule has 2 aromatic heterocycles. The van der Waals surface area contributed by atoms with Crippen LogP contribution in [0.25, 0.3) is 11.5 Å². The molecule has 0 radical (unpaired) electrons. The zero-order valence-electron chi connectivity index (χ0n) is 16.5. The van der Waals surface area contributed by atoms with Gasteiger partial charge in [0.15, 0.2) is 5.69 Å². The zero-order chi connectivity index (χ0) is 21.7. The molecule has 0 bridgehead atoms. The van der Waals surface area contributed by atoms with Crippen LogP contribution in [-0.2, 0) is 6.18 Å². The number of nitrogens with zero attached hydrogens (tertiary/aromatic N) is 3. The average molecular weight is 418 g/mol. The van der Waals surface area contributed by atoms with Crippen LogP contribution in [0.5, 0.6) is 0 Å². The number of anilines is 2. The van der Waals surface area contributed by atoms with Crippen molar-refractivity contribution in [2.75, 3.05) is 23.8 Å². The van der Waals surface area contributed by atoms with Gasteiger partial charge in [-0.05, 0) is 30.7 Å². The SMILES string of the molecule is CCCCN(C)c1ccc(NC(=O)c2nc(-c3ccccc3)oc2C(F)(F)F)cn1. The number of oxazole rings is 1. The van der Waals surface area contributed by atoms with Gasteiger partial charge in [0.2, 0.25) is 11.7 Å². The van der Waals surface area contributed by atoms with Gasteiger partial charge in [0.25, 0.3) is 5.91 Å². The molecule has 3 rings (SSSR count). The zero-order valence-corrected chi connectivity index (χ0v) is 16.5. The first-order chi connectivity index (χ1) is 14.3. The molecule has 0 fully saturated rings. The predicted molar refractivity (Wildman–Crippen MR) is 107 cm³/mol. The Morgan fingerprint density at radius 1 is 1.17 bits per heavy atom. The Balaban J connectivity index is 1.82. The maximum atomic E-state index is 13.4. The summed E-state index contributed by atoms with van der Waals surface area (Å²) in [4.78, 5) is 22.5. The summed E-state index contributed by atoms with van der Waals surface area (Å²) in [7, 11) is 1.90. The van der Waals surface area contributed by atoms with Crippen molar-refractivity contribution in [1.82, 2.24) is 9.97 Å². The Morgan fingerprint density at radius 2 is 1.90 bits per heavy atom. The molecule has 2 heterocycles. The number of hydrogen-bond acceptors (Lipinski definition) is 5. The molecule has 30 heavy (non-hydrogen) atoms. The lowest BCUT2D eigenvalue weighted by Gasteiger charge is -2.17. The summed E-state index contributed by atoms with van der Waals surface area (Å²) in [5.41, 5.74) is -0.237. The maximum absolute atomic E-state index is 13.4. The number of hydrogen-bond donors (Lipinski definition) is 1. The molecule has 0 saturated heterocycles. The van der Waals surface area contributed by atoms with Crippen molar-refractivity contribution in [3.05, 3.63) is 60.1 Å². The summed E-state index contributed by atoms with van der Waals surface area (Å²) >= 11 is 0. The fraction of sp³-hybridized carbons (Fsp3) is 0.286. The van der Waals surface area contributed by atoms with Crippen LogP contribution in [0.15, 0.2) is 53.1 Å². The third-order valence-corrected chi connectivity index (χ3v) is 4.36. The van der Waals surface area contributed by atoms with E-state index in [2.05, 4.69) is 22.2 Å². The van der Waals surface area contributed by atoms with Crippen molar-refractivity contribution in [1.29, 1.82) is 0 Å². The van der Waals surface area contributed by atoms with Crippen molar-refractivity contribution in [2.24, 2.45) is 0 Å². The highest BCUT2D eigenvalue weighted by Crippen LogP contribution is 2.35. The van der Waals surface area contributed by atoms with E-state index in [1.807, 2.05) is 11.9 Å². The molecule has 0 spiro atoms. The van der Waals surface area contributed by atoms with Crippen LogP contribution >= 0.6 is 0 Å². The van der Waals surface area contributed by atoms with Gasteiger partial charge >= 0.3 is 6.18 Å². The molecule has 0 aliphatic heterocycles. The van der Waals surface area contributed by atoms with Crippen molar-refractivity contribution in [2.45, 2.75) is 25.9 Å². The Bertz CT molecular complexity index is 986. The summed E-state index contributed by atoms with van der Waals surface area (Å²) in [6.45, 7) is 2.91. The second kappa shape index (κ2) is 8.98. The van der Waals surface area contributed by atoms with Crippen LogP contribution in [0, 0.1) is 0 Å². The molecule has 0 saturated carbocycles. The number of pyridine rings is 1. The first kappa shape index (κ1) is 21.4. The number of carbonyl (C=O) groups is 1. The lowest BCUT2D eigenvalue weighted by molar-refractivity contribution is -0.153. The van der Waals surface area contributed by atoms with E-state index in [0.717, 1.165) is 19.4 Å². The normalized spacial score (nSPS) is 11.4. The van der Waals surface area contributed by atoms with Crippen molar-refractivity contribution >= 4 is 17.4 Å². The Hall–Kier alpha value is -3.36. The van der Waals surface area contributed by atoms with Crippen LogP contribution < -0.4 is 10.2 Å². The summed E-state index contributed by atoms with van der Waals surface area (Å²) < 4.78 is 45.1. The van der Waals surface area contributed by atoms with Gasteiger partial charge in [-0.15, -0.1) is 0 Å². The molecular formula is C21H21F3N4O2. The number of aromatic nitrogens is 2. The van der Waals surface area contributed by atoms with E-state index in [0.29, 0.717) is 11.4 Å². The van der Waals surface area contributed by atoms with Crippen LogP contribution in [0.2, 0.25) is 0 Å². The van der Waals surface area contributed by atoms with Crippen molar-refractivity contribution in [3.63, 3.8) is 0 Å². The monoisotopic (exact) mass is 418 g/mol. The Labute approximate surface area is 171 Å². The summed E-state index contributed by atoms with van der Waals surface area (Å²) in [6, 6.07) is 11.3. The van der Waals surface area contributed by atoms with E-state index in [9.17, 15) is 18.0 Å². The molecular weight excluding hydrogens is 397 g/mol. The van der Waals surface area contributed by atoms with Gasteiger partial charge < -0.3 is 14.6 Å². The molecule has 1 aromatic carbocycles. The third-order valence-electron chi connectivity index (χ3n) is 4.36. The number of rotatable bonds is 7. The largest absolute Gasteiger partial charge is 0.452 e. The summed E-state index contributed by atoms with van der Waals surface area (Å²) in [6.07, 6.45) is -1.42. The fourth-order valence-corrected chi connectivity index (χ4v) is 2.76. The van der Waals surface area contributed by atoms with Gasteiger partial charge in [-0.3, -0.25) is 4.79 Å². The number of alkyl halides is 3. The van der Waals surface area contributed by atoms with E-state index < -0.39 is 23.5 Å². The number of amides is 1. The average Bonchev–Trinajstić information content (AvgIpc) is 3.19. The van der Waals surface area contributed by atoms with Crippen LogP contribution in [0.1, 0.15) is 36.0 Å². The first-order valence-corrected chi connectivity index (χ1v) is 9.41. The van der Waals surface area contributed by atoms with Gasteiger partial charge in [0.1, 0.15) is 5.82 Å². The van der Waals surface area contributed by atoms with E-state index in [-0.39, 0.29) is 11.6 Å². The van der Waals surface area contributed by atoms with E-state index in [1.54, 1.807) is 42.5 Å². The van der Waals surface area contributed by atoms with Gasteiger partial charge in [-0.25, -0.2) is 9.97 Å². The van der Waals surface area contributed by atoms with Gasteiger partial charge in [0, 0.05) is 19.2 Å². The minimum atomic E-state index is -4.86. The highest BCUT2D eigenvalue weighted by molar-refractivity contribution is 6.04. The van der Waals surface area contributed by atoms with Crippen molar-refractivity contribution in [3.8, 4) is 11.5 Å². The molecule has 1 amide bonds. The molecule has 158 valence electrons. The third kappa shape index (κ3) is 4.97. The van der Waals surface area contributed by atoms with Crippen LogP contribution in [0.3, 0.4) is 0 Å². The van der Waals surface area contributed by atoms with Crippen LogP contribution in [-0.4, -0.2) is 29.5 Å². The standard InChI is InChI=1S/C21H21F3N4O2/c1-3-4-12-28(2)16-11-10-15(13-25-16)26-19(29)17-18(21(22,23)24)30-20(27-17)14-8-6-5-7-9-14/h5-11,13H,3-4,12H2,1-2H3,(H,26,29). The lowest BCUT2D eigenvalue weighted by atomic mass is 10.2. The highest BCUT2D eigenvalue weighted by Gasteiger charge is 2.42. The fourth-order valence-electron chi connectivity index (χ4n) is 2.76. The first-order valence-electron chi connectivity index (χ1n) is 9.41. The number of benzene rings is 1. The maximum Gasteiger partial charge on any atom is 0.452 e. The topological polar surface area (TPSA) is 71.3 Å². The van der Waals surface area contributed by atoms with E-state index in [1.165, 1.54) is 6.20 Å². The summed E-state index contributed by atoms with van der Waals surface area (Å²) in [5.74, 6) is -2.05. The summed E-state index contributed by atoms with van der Waals surface area (Å²) in [5, 5.41) is 2.40. The minimum Gasteiger partial charge on any atom is -0.431 e. The minimum absolute atomic E-state index is 0.255. The molecule has 9 heteroatoms. The lowest BCUT2D eigenvalue weighted by Crippen LogP contribution is -2.20. The van der Waals surface area contributed by atoms with E-state index in [4.69, 9.17) is 4.42 Å². The molecule has 0 aliphatic carbocycles. The quantitative estimate of drug-likeness (QED) is 0.568. The number of unbranched alkanes of at least 4 members (excludes halogenated alkanes) is 1. The Morgan fingerprint density at radius 3 is 2.50 bits per heavy atom. The molecule has 6 nitrogen and oxygen atoms in total. The van der Waals surface area contributed by atoms with Gasteiger partial charge in [0.05, 0.1) is 11.9 Å². The number of carbonyl (C=O) groups excluding carboxylic acids is 1. The van der Waals surface area contributed by atoms with E-state index >= 15 is 0 Å². The number of nitrogens with one attached hydrogen (secondary N) is 1. The molecule has 1 N–H and O–H groups in total. The second-order valence-electron chi connectivity index (χ2n) is 6.69. The molecule has 3 aromatic rings. The second-order valence-corrected chi connectivity index (χ2v) is 6.69. The smallest absolute Gasteiger partial charge is 0.431 e. The number of halogens is 3. The molecule has 0 atom stereocenters. The van der Waals surface area contributed by atoms with Gasteiger partial charge in [-0.1, -0.05) is 31.5 Å². The van der Waals surface area contributed by atoms with Crippen molar-refractivity contribution < 1.29 is 22.4 Å². The van der Waals surface area contributed by atoms with Gasteiger partial charge in [-0.2, -0.15) is 13.2 Å².